The van der Waals surface area contributed by atoms with Crippen molar-refractivity contribution in [1.29, 1.82) is 0 Å². The molecule has 0 unspecified atom stereocenters. The van der Waals surface area contributed by atoms with Crippen LogP contribution < -0.4 is 0 Å². The first-order valence-electron chi connectivity index (χ1n) is 6.30. The molecule has 0 saturated heterocycles. The second-order valence-electron chi connectivity index (χ2n) is 4.54. The Bertz CT molecular complexity index is 651. The molecule has 20 heavy (non-hydrogen) atoms. The highest BCUT2D eigenvalue weighted by Gasteiger charge is 2.19. The average Bonchev–Trinajstić information content (AvgIpc) is 2.79. The third-order valence-electron chi connectivity index (χ3n) is 2.92. The SMILES string of the molecule is CCCN(CC(=O)O)C(=O)c1cc2ccc(Br)cc2[nH]1. The standard InChI is InChI=1S/C14H15BrN2O3/c1-2-5-17(8-13(18)19)14(20)12-6-9-3-4-10(15)7-11(9)16-12/h3-4,6-7,16H,2,5,8H2,1H3,(H,18,19). The number of aromatic nitrogens is 1. The number of nitrogens with one attached hydrogen (secondary N) is 1. The predicted octanol–water partition coefficient (Wildman–Crippen LogP) is 2.87. The normalized spacial score (nSPS) is 10.7. The van der Waals surface area contributed by atoms with Crippen molar-refractivity contribution in [3.63, 3.8) is 0 Å². The van der Waals surface area contributed by atoms with Crippen LogP contribution in [0.4, 0.5) is 0 Å². The van der Waals surface area contributed by atoms with E-state index in [-0.39, 0.29) is 12.5 Å². The number of halogens is 1. The Morgan fingerprint density at radius 3 is 2.75 bits per heavy atom. The van der Waals surface area contributed by atoms with Gasteiger partial charge in [0, 0.05) is 21.9 Å². The van der Waals surface area contributed by atoms with Crippen LogP contribution in [-0.2, 0) is 4.79 Å². The van der Waals surface area contributed by atoms with E-state index in [1.807, 2.05) is 25.1 Å². The lowest BCUT2D eigenvalue weighted by Crippen LogP contribution is -2.36. The van der Waals surface area contributed by atoms with Crippen LogP contribution in [0.2, 0.25) is 0 Å². The van der Waals surface area contributed by atoms with Crippen molar-refractivity contribution in [3.8, 4) is 0 Å². The highest BCUT2D eigenvalue weighted by Crippen LogP contribution is 2.21. The Hall–Kier alpha value is -1.82. The number of rotatable bonds is 5. The molecular formula is C14H15BrN2O3. The predicted molar refractivity (Wildman–Crippen MR) is 79.8 cm³/mol. The van der Waals surface area contributed by atoms with Crippen molar-refractivity contribution in [3.05, 3.63) is 34.4 Å². The molecular weight excluding hydrogens is 324 g/mol. The number of hydrogen-bond donors (Lipinski definition) is 2. The molecule has 6 heteroatoms. The van der Waals surface area contributed by atoms with Gasteiger partial charge in [-0.25, -0.2) is 0 Å². The molecule has 2 aromatic rings. The van der Waals surface area contributed by atoms with E-state index in [9.17, 15) is 9.59 Å². The van der Waals surface area contributed by atoms with E-state index < -0.39 is 5.97 Å². The molecule has 0 fully saturated rings. The summed E-state index contributed by atoms with van der Waals surface area (Å²) in [4.78, 5) is 27.5. The first kappa shape index (κ1) is 14.6. The molecule has 0 aliphatic rings. The van der Waals surface area contributed by atoms with Crippen molar-refractivity contribution in [1.82, 2.24) is 9.88 Å². The van der Waals surface area contributed by atoms with Crippen LogP contribution >= 0.6 is 15.9 Å². The van der Waals surface area contributed by atoms with Crippen molar-refractivity contribution in [2.45, 2.75) is 13.3 Å². The quantitative estimate of drug-likeness (QED) is 0.880. The fraction of sp³-hybridized carbons (Fsp3) is 0.286. The van der Waals surface area contributed by atoms with E-state index in [1.165, 1.54) is 4.90 Å². The number of hydrogen-bond acceptors (Lipinski definition) is 2. The van der Waals surface area contributed by atoms with Crippen molar-refractivity contribution in [2.75, 3.05) is 13.1 Å². The third kappa shape index (κ3) is 3.19. The highest BCUT2D eigenvalue weighted by atomic mass is 79.9. The summed E-state index contributed by atoms with van der Waals surface area (Å²) in [6, 6.07) is 7.42. The van der Waals surface area contributed by atoms with Crippen LogP contribution in [0, 0.1) is 0 Å². The molecule has 0 aliphatic heterocycles. The summed E-state index contributed by atoms with van der Waals surface area (Å²) in [5, 5.41) is 9.79. The van der Waals surface area contributed by atoms with Gasteiger partial charge in [-0.1, -0.05) is 28.9 Å². The number of aromatic amines is 1. The van der Waals surface area contributed by atoms with Gasteiger partial charge in [-0.2, -0.15) is 0 Å². The Morgan fingerprint density at radius 1 is 1.35 bits per heavy atom. The number of carboxylic acids is 1. The van der Waals surface area contributed by atoms with Crippen LogP contribution in [0.3, 0.4) is 0 Å². The topological polar surface area (TPSA) is 73.4 Å². The van der Waals surface area contributed by atoms with Gasteiger partial charge >= 0.3 is 5.97 Å². The molecule has 0 bridgehead atoms. The molecule has 1 aromatic heterocycles. The van der Waals surface area contributed by atoms with E-state index in [1.54, 1.807) is 6.07 Å². The van der Waals surface area contributed by atoms with Gasteiger partial charge in [0.15, 0.2) is 0 Å². The zero-order valence-corrected chi connectivity index (χ0v) is 12.6. The molecule has 5 nitrogen and oxygen atoms in total. The minimum Gasteiger partial charge on any atom is -0.480 e. The van der Waals surface area contributed by atoms with E-state index in [4.69, 9.17) is 5.11 Å². The number of H-pyrrole nitrogens is 1. The van der Waals surface area contributed by atoms with Crippen molar-refractivity contribution < 1.29 is 14.7 Å². The zero-order chi connectivity index (χ0) is 14.7. The summed E-state index contributed by atoms with van der Waals surface area (Å²) in [5.41, 5.74) is 1.25. The molecule has 1 aromatic carbocycles. The lowest BCUT2D eigenvalue weighted by atomic mass is 10.2. The molecule has 2 rings (SSSR count). The second-order valence-corrected chi connectivity index (χ2v) is 5.45. The van der Waals surface area contributed by atoms with Crippen LogP contribution in [0.15, 0.2) is 28.7 Å². The molecule has 0 spiro atoms. The lowest BCUT2D eigenvalue weighted by molar-refractivity contribution is -0.137. The lowest BCUT2D eigenvalue weighted by Gasteiger charge is -2.18. The summed E-state index contributed by atoms with van der Waals surface area (Å²) in [5.74, 6) is -1.30. The van der Waals surface area contributed by atoms with E-state index in [2.05, 4.69) is 20.9 Å². The van der Waals surface area contributed by atoms with Gasteiger partial charge in [0.1, 0.15) is 12.2 Å². The van der Waals surface area contributed by atoms with Gasteiger partial charge < -0.3 is 15.0 Å². The smallest absolute Gasteiger partial charge is 0.323 e. The van der Waals surface area contributed by atoms with Crippen LogP contribution in [0.1, 0.15) is 23.8 Å². The maximum atomic E-state index is 12.3. The molecule has 1 heterocycles. The Kier molecular flexibility index (Phi) is 4.44. The maximum absolute atomic E-state index is 12.3. The average molecular weight is 339 g/mol. The van der Waals surface area contributed by atoms with Crippen molar-refractivity contribution >= 4 is 38.7 Å². The number of benzene rings is 1. The molecule has 106 valence electrons. The molecule has 1 amide bonds. The third-order valence-corrected chi connectivity index (χ3v) is 3.42. The number of carbonyl (C=O) groups is 2. The first-order chi connectivity index (χ1) is 9.51. The first-order valence-corrected chi connectivity index (χ1v) is 7.10. The molecule has 0 saturated carbocycles. The van der Waals surface area contributed by atoms with Gasteiger partial charge in [-0.05, 0) is 24.6 Å². The number of aliphatic carboxylic acids is 1. The minimum absolute atomic E-state index is 0.286. The van der Waals surface area contributed by atoms with E-state index >= 15 is 0 Å². The molecule has 0 radical (unpaired) electrons. The second kappa shape index (κ2) is 6.09. The fourth-order valence-electron chi connectivity index (χ4n) is 2.07. The van der Waals surface area contributed by atoms with Crippen LogP contribution in [0.25, 0.3) is 10.9 Å². The van der Waals surface area contributed by atoms with Gasteiger partial charge in [0.05, 0.1) is 0 Å². The van der Waals surface area contributed by atoms with Crippen molar-refractivity contribution in [2.24, 2.45) is 0 Å². The number of fused-ring (bicyclic) bond motifs is 1. The van der Waals surface area contributed by atoms with E-state index in [0.29, 0.717) is 18.7 Å². The molecule has 2 N–H and O–H groups in total. The van der Waals surface area contributed by atoms with Crippen LogP contribution in [0.5, 0.6) is 0 Å². The van der Waals surface area contributed by atoms with Gasteiger partial charge in [-0.3, -0.25) is 9.59 Å². The summed E-state index contributed by atoms with van der Waals surface area (Å²) >= 11 is 3.37. The van der Waals surface area contributed by atoms with Gasteiger partial charge in [0.25, 0.3) is 5.91 Å². The highest BCUT2D eigenvalue weighted by molar-refractivity contribution is 9.10. The maximum Gasteiger partial charge on any atom is 0.323 e. The Labute approximate surface area is 124 Å². The minimum atomic E-state index is -1.01. The number of carbonyl (C=O) groups excluding carboxylic acids is 1. The fourth-order valence-corrected chi connectivity index (χ4v) is 2.43. The summed E-state index contributed by atoms with van der Waals surface area (Å²) in [6.45, 7) is 2.04. The van der Waals surface area contributed by atoms with Gasteiger partial charge in [-0.15, -0.1) is 0 Å². The summed E-state index contributed by atoms with van der Waals surface area (Å²) in [7, 11) is 0. The zero-order valence-electron chi connectivity index (χ0n) is 11.0. The number of carboxylic acid groups (broad SMARTS) is 1. The summed E-state index contributed by atoms with van der Waals surface area (Å²) < 4.78 is 0.918. The summed E-state index contributed by atoms with van der Waals surface area (Å²) in [6.07, 6.45) is 0.713. The largest absolute Gasteiger partial charge is 0.480 e. The molecule has 0 aliphatic carbocycles. The van der Waals surface area contributed by atoms with Gasteiger partial charge in [0.2, 0.25) is 0 Å². The van der Waals surface area contributed by atoms with Crippen LogP contribution in [-0.4, -0.2) is 40.0 Å². The molecule has 0 atom stereocenters. The van der Waals surface area contributed by atoms with E-state index in [0.717, 1.165) is 15.4 Å². The number of nitrogens with zero attached hydrogens (tertiary/aromatic N) is 1. The monoisotopic (exact) mass is 338 g/mol. The Morgan fingerprint density at radius 2 is 2.10 bits per heavy atom. The number of amides is 1. The Balaban J connectivity index is 2.30.